The molecule has 2 unspecified atom stereocenters. The molecule has 1 fully saturated rings. The fourth-order valence-corrected chi connectivity index (χ4v) is 3.58. The van der Waals surface area contributed by atoms with E-state index in [1.54, 1.807) is 5.38 Å². The maximum absolute atomic E-state index is 12.8. The first-order valence-corrected chi connectivity index (χ1v) is 6.62. The summed E-state index contributed by atoms with van der Waals surface area (Å²) in [5.74, 6) is 0.293. The lowest BCUT2D eigenvalue weighted by Crippen LogP contribution is -2.41. The Kier molecular flexibility index (Phi) is 3.60. The number of thiophene rings is 1. The van der Waals surface area contributed by atoms with Crippen molar-refractivity contribution in [2.75, 3.05) is 0 Å². The van der Waals surface area contributed by atoms with Crippen LogP contribution in [-0.2, 0) is 0 Å². The summed E-state index contributed by atoms with van der Waals surface area (Å²) in [7, 11) is 0. The van der Waals surface area contributed by atoms with Gasteiger partial charge in [-0.05, 0) is 48.9 Å². The number of hydrogen-bond acceptors (Lipinski definition) is 2. The Balaban J connectivity index is 2.19. The van der Waals surface area contributed by atoms with Gasteiger partial charge in [0.05, 0.1) is 0 Å². The van der Waals surface area contributed by atoms with Crippen LogP contribution in [0.15, 0.2) is 10.8 Å². The lowest BCUT2D eigenvalue weighted by atomic mass is 9.83. The molecule has 0 amide bonds. The van der Waals surface area contributed by atoms with Crippen LogP contribution in [-0.4, -0.2) is 12.1 Å². The van der Waals surface area contributed by atoms with E-state index in [-0.39, 0.29) is 5.56 Å². The molecule has 1 aliphatic rings. The SMILES string of the molecule is CC1CC(c2cscc2C(F)F)CC(C)N1. The molecule has 16 heavy (non-hydrogen) atoms. The van der Waals surface area contributed by atoms with Crippen LogP contribution in [0.2, 0.25) is 0 Å². The molecule has 0 aliphatic carbocycles. The van der Waals surface area contributed by atoms with Crippen molar-refractivity contribution in [3.05, 3.63) is 21.9 Å². The third kappa shape index (κ3) is 2.43. The summed E-state index contributed by atoms with van der Waals surface area (Å²) in [4.78, 5) is 0. The zero-order valence-electron chi connectivity index (χ0n) is 9.54. The van der Waals surface area contributed by atoms with E-state index >= 15 is 0 Å². The Bertz CT molecular complexity index is 341. The van der Waals surface area contributed by atoms with Crippen LogP contribution in [0, 0.1) is 0 Å². The summed E-state index contributed by atoms with van der Waals surface area (Å²) in [6.07, 6.45) is -0.413. The zero-order valence-corrected chi connectivity index (χ0v) is 10.4. The number of alkyl halides is 2. The molecule has 0 bridgehead atoms. The van der Waals surface area contributed by atoms with Crippen molar-refractivity contribution >= 4 is 11.3 Å². The Labute approximate surface area is 98.9 Å². The second-order valence-electron chi connectivity index (χ2n) is 4.72. The first-order valence-electron chi connectivity index (χ1n) is 5.68. The molecule has 1 nitrogen and oxygen atoms in total. The molecule has 90 valence electrons. The van der Waals surface area contributed by atoms with Gasteiger partial charge in [0.1, 0.15) is 0 Å². The highest BCUT2D eigenvalue weighted by Crippen LogP contribution is 2.37. The lowest BCUT2D eigenvalue weighted by molar-refractivity contribution is 0.149. The molecule has 1 aliphatic heterocycles. The molecule has 0 saturated carbocycles. The van der Waals surface area contributed by atoms with Crippen molar-refractivity contribution < 1.29 is 8.78 Å². The average Bonchev–Trinajstić information content (AvgIpc) is 2.63. The van der Waals surface area contributed by atoms with E-state index in [0.717, 1.165) is 18.4 Å². The van der Waals surface area contributed by atoms with Gasteiger partial charge in [0, 0.05) is 17.6 Å². The average molecular weight is 245 g/mol. The second kappa shape index (κ2) is 4.80. The summed E-state index contributed by atoms with van der Waals surface area (Å²) < 4.78 is 25.6. The van der Waals surface area contributed by atoms with Gasteiger partial charge < -0.3 is 5.32 Å². The monoisotopic (exact) mass is 245 g/mol. The van der Waals surface area contributed by atoms with E-state index < -0.39 is 6.43 Å². The third-order valence-corrected chi connectivity index (χ3v) is 4.02. The minimum atomic E-state index is -2.33. The Morgan fingerprint density at radius 1 is 1.25 bits per heavy atom. The van der Waals surface area contributed by atoms with E-state index in [4.69, 9.17) is 0 Å². The quantitative estimate of drug-likeness (QED) is 0.832. The Hall–Kier alpha value is -0.480. The highest BCUT2D eigenvalue weighted by Gasteiger charge is 2.28. The van der Waals surface area contributed by atoms with Gasteiger partial charge >= 0.3 is 0 Å². The predicted molar refractivity (Wildman–Crippen MR) is 63.3 cm³/mol. The van der Waals surface area contributed by atoms with E-state index in [1.165, 1.54) is 11.3 Å². The highest BCUT2D eigenvalue weighted by atomic mass is 32.1. The zero-order chi connectivity index (χ0) is 11.7. The highest BCUT2D eigenvalue weighted by molar-refractivity contribution is 7.08. The molecule has 2 atom stereocenters. The summed E-state index contributed by atoms with van der Waals surface area (Å²) >= 11 is 1.39. The maximum Gasteiger partial charge on any atom is 0.264 e. The summed E-state index contributed by atoms with van der Waals surface area (Å²) in [5.41, 5.74) is 1.12. The fraction of sp³-hybridized carbons (Fsp3) is 0.667. The third-order valence-electron chi connectivity index (χ3n) is 3.24. The smallest absolute Gasteiger partial charge is 0.264 e. The molecule has 2 heterocycles. The summed E-state index contributed by atoms with van der Waals surface area (Å²) in [6.45, 7) is 4.24. The summed E-state index contributed by atoms with van der Waals surface area (Å²) in [5, 5.41) is 6.93. The molecule has 4 heteroatoms. The number of halogens is 2. The number of nitrogens with one attached hydrogen (secondary N) is 1. The molecule has 1 aromatic heterocycles. The number of piperidine rings is 1. The molecular formula is C12H17F2NS. The van der Waals surface area contributed by atoms with Crippen molar-refractivity contribution in [1.29, 1.82) is 0 Å². The van der Waals surface area contributed by atoms with Crippen molar-refractivity contribution in [2.24, 2.45) is 0 Å². The standard InChI is InChI=1S/C12H17F2NS/c1-7-3-9(4-8(2)15-7)10-5-16-6-11(10)12(13)14/h5-9,12,15H,3-4H2,1-2H3. The van der Waals surface area contributed by atoms with Crippen LogP contribution >= 0.6 is 11.3 Å². The first-order chi connectivity index (χ1) is 7.58. The van der Waals surface area contributed by atoms with Gasteiger partial charge in [-0.3, -0.25) is 0 Å². The number of hydrogen-bond donors (Lipinski definition) is 1. The molecule has 2 rings (SSSR count). The number of rotatable bonds is 2. The Morgan fingerprint density at radius 3 is 2.44 bits per heavy atom. The molecule has 1 saturated heterocycles. The minimum absolute atomic E-state index is 0.247. The first kappa shape index (κ1) is 12.0. The molecule has 0 spiro atoms. The van der Waals surface area contributed by atoms with Crippen LogP contribution in [0.3, 0.4) is 0 Å². The van der Waals surface area contributed by atoms with Crippen LogP contribution in [0.4, 0.5) is 8.78 Å². The molecular weight excluding hydrogens is 228 g/mol. The van der Waals surface area contributed by atoms with Gasteiger partial charge in [0.25, 0.3) is 6.43 Å². The summed E-state index contributed by atoms with van der Waals surface area (Å²) in [6, 6.07) is 0.832. The van der Waals surface area contributed by atoms with Crippen molar-refractivity contribution in [2.45, 2.75) is 51.1 Å². The van der Waals surface area contributed by atoms with Crippen LogP contribution in [0.1, 0.15) is 50.2 Å². The Morgan fingerprint density at radius 2 is 1.88 bits per heavy atom. The van der Waals surface area contributed by atoms with Gasteiger partial charge in [-0.15, -0.1) is 0 Å². The molecule has 0 radical (unpaired) electrons. The van der Waals surface area contributed by atoms with E-state index in [9.17, 15) is 8.78 Å². The van der Waals surface area contributed by atoms with Crippen molar-refractivity contribution in [1.82, 2.24) is 5.32 Å². The fourth-order valence-electron chi connectivity index (χ4n) is 2.65. The topological polar surface area (TPSA) is 12.0 Å². The van der Waals surface area contributed by atoms with Gasteiger partial charge in [-0.1, -0.05) is 0 Å². The van der Waals surface area contributed by atoms with Crippen molar-refractivity contribution in [3.8, 4) is 0 Å². The second-order valence-corrected chi connectivity index (χ2v) is 5.46. The molecule has 1 aromatic rings. The van der Waals surface area contributed by atoms with Gasteiger partial charge in [-0.2, -0.15) is 11.3 Å². The van der Waals surface area contributed by atoms with E-state index in [1.807, 2.05) is 5.38 Å². The predicted octanol–water partition coefficient (Wildman–Crippen LogP) is 3.93. The largest absolute Gasteiger partial charge is 0.312 e. The normalized spacial score (nSPS) is 30.9. The van der Waals surface area contributed by atoms with Gasteiger partial charge in [-0.25, -0.2) is 8.78 Å². The van der Waals surface area contributed by atoms with E-state index in [0.29, 0.717) is 18.0 Å². The van der Waals surface area contributed by atoms with Crippen LogP contribution < -0.4 is 5.32 Å². The molecule has 1 N–H and O–H groups in total. The van der Waals surface area contributed by atoms with E-state index in [2.05, 4.69) is 19.2 Å². The minimum Gasteiger partial charge on any atom is -0.312 e. The molecule has 0 aromatic carbocycles. The lowest BCUT2D eigenvalue weighted by Gasteiger charge is -2.33. The van der Waals surface area contributed by atoms with Crippen LogP contribution in [0.5, 0.6) is 0 Å². The van der Waals surface area contributed by atoms with Crippen molar-refractivity contribution in [3.63, 3.8) is 0 Å². The van der Waals surface area contributed by atoms with Crippen LogP contribution in [0.25, 0.3) is 0 Å². The maximum atomic E-state index is 12.8. The van der Waals surface area contributed by atoms with Gasteiger partial charge in [0.15, 0.2) is 0 Å². The van der Waals surface area contributed by atoms with Gasteiger partial charge in [0.2, 0.25) is 0 Å².